The maximum absolute atomic E-state index is 13.1. The van der Waals surface area contributed by atoms with Gasteiger partial charge < -0.3 is 10.0 Å². The second kappa shape index (κ2) is 7.60. The zero-order chi connectivity index (χ0) is 19.7. The van der Waals surface area contributed by atoms with Gasteiger partial charge in [-0.3, -0.25) is 9.36 Å². The molecule has 150 valence electrons. The molecule has 28 heavy (non-hydrogen) atoms. The molecular weight excluding hydrogens is 363 g/mol. The Bertz CT molecular complexity index is 911. The van der Waals surface area contributed by atoms with Crippen molar-refractivity contribution in [2.45, 2.75) is 50.8 Å². The summed E-state index contributed by atoms with van der Waals surface area (Å²) < 4.78 is 16.4. The molecule has 1 saturated heterocycles. The van der Waals surface area contributed by atoms with Crippen molar-refractivity contribution < 1.29 is 14.3 Å². The zero-order valence-electron chi connectivity index (χ0n) is 15.8. The number of likely N-dealkylation sites (tertiary alicyclic amines) is 1. The Morgan fingerprint density at radius 2 is 1.82 bits per heavy atom. The molecule has 1 aromatic carbocycles. The molecule has 1 fully saturated rings. The van der Waals surface area contributed by atoms with Crippen molar-refractivity contribution in [2.75, 3.05) is 19.6 Å². The molecule has 0 aliphatic carbocycles. The summed E-state index contributed by atoms with van der Waals surface area (Å²) in [5.41, 5.74) is -1.14. The first-order chi connectivity index (χ1) is 13.5. The molecule has 2 aliphatic rings. The number of Topliss-reactive ketones (excluding diaryl/α,β-unsaturated/α-hetero) is 1. The van der Waals surface area contributed by atoms with Gasteiger partial charge in [0.05, 0.1) is 6.54 Å². The lowest BCUT2D eigenvalue weighted by Gasteiger charge is -2.37. The van der Waals surface area contributed by atoms with E-state index in [9.17, 15) is 19.1 Å². The predicted molar refractivity (Wildman–Crippen MR) is 101 cm³/mol. The van der Waals surface area contributed by atoms with Crippen LogP contribution in [0.25, 0.3) is 0 Å². The molecule has 0 unspecified atom stereocenters. The number of hydrogen-bond donors (Lipinski definition) is 1. The van der Waals surface area contributed by atoms with Crippen molar-refractivity contribution in [2.24, 2.45) is 0 Å². The molecule has 1 aromatic heterocycles. The average Bonchev–Trinajstić information content (AvgIpc) is 3.04. The molecule has 2 aliphatic heterocycles. The summed E-state index contributed by atoms with van der Waals surface area (Å²) in [7, 11) is 0. The van der Waals surface area contributed by atoms with Gasteiger partial charge in [-0.25, -0.2) is 13.9 Å². The molecule has 2 aromatic rings. The van der Waals surface area contributed by atoms with Crippen LogP contribution in [0.2, 0.25) is 0 Å². The quantitative estimate of drug-likeness (QED) is 0.780. The fourth-order valence-electron chi connectivity index (χ4n) is 4.07. The number of carbonyl (C=O) groups is 1. The number of fused-ring (bicyclic) bond motifs is 1. The normalized spacial score (nSPS) is 19.4. The van der Waals surface area contributed by atoms with Crippen molar-refractivity contribution in [3.05, 3.63) is 52.0 Å². The van der Waals surface area contributed by atoms with Crippen molar-refractivity contribution in [1.29, 1.82) is 0 Å². The Balaban J connectivity index is 1.34. The first-order valence-electron chi connectivity index (χ1n) is 9.88. The highest BCUT2D eigenvalue weighted by molar-refractivity contribution is 6.02. The fraction of sp³-hybridized carbons (Fsp3) is 0.550. The minimum absolute atomic E-state index is 0.0466. The number of carbonyl (C=O) groups excluding carboxylic acids is 1. The average molecular weight is 388 g/mol. The van der Waals surface area contributed by atoms with E-state index in [1.165, 1.54) is 28.9 Å². The summed E-state index contributed by atoms with van der Waals surface area (Å²) in [6.07, 6.45) is 3.58. The van der Waals surface area contributed by atoms with Crippen LogP contribution in [0.1, 0.15) is 41.9 Å². The first kappa shape index (κ1) is 19.0. The molecule has 8 heteroatoms. The summed E-state index contributed by atoms with van der Waals surface area (Å²) in [6, 6.07) is 5.28. The van der Waals surface area contributed by atoms with Crippen molar-refractivity contribution >= 4 is 5.78 Å². The van der Waals surface area contributed by atoms with Gasteiger partial charge in [0.25, 0.3) is 0 Å². The number of aliphatic hydroxyl groups is 1. The van der Waals surface area contributed by atoms with E-state index in [0.717, 1.165) is 31.6 Å². The van der Waals surface area contributed by atoms with Crippen LogP contribution in [0.15, 0.2) is 29.1 Å². The third kappa shape index (κ3) is 3.66. The Morgan fingerprint density at radius 1 is 1.11 bits per heavy atom. The van der Waals surface area contributed by atoms with Gasteiger partial charge in [-0.15, -0.1) is 0 Å². The third-order valence-corrected chi connectivity index (χ3v) is 5.87. The number of halogens is 1. The van der Waals surface area contributed by atoms with Gasteiger partial charge >= 0.3 is 5.69 Å². The number of rotatable bonds is 5. The number of hydrogen-bond acceptors (Lipinski definition) is 5. The van der Waals surface area contributed by atoms with Crippen molar-refractivity contribution in [3.63, 3.8) is 0 Å². The molecule has 0 saturated carbocycles. The van der Waals surface area contributed by atoms with Gasteiger partial charge in [0.15, 0.2) is 5.78 Å². The van der Waals surface area contributed by atoms with Crippen LogP contribution >= 0.6 is 0 Å². The maximum Gasteiger partial charge on any atom is 0.345 e. The molecule has 0 atom stereocenters. The lowest BCUT2D eigenvalue weighted by molar-refractivity contribution is -0.00699. The number of ketones is 1. The number of piperidine rings is 1. The van der Waals surface area contributed by atoms with E-state index in [-0.39, 0.29) is 11.5 Å². The van der Waals surface area contributed by atoms with Crippen LogP contribution in [-0.4, -0.2) is 55.4 Å². The smallest absolute Gasteiger partial charge is 0.345 e. The summed E-state index contributed by atoms with van der Waals surface area (Å²) in [5, 5.41) is 15.2. The van der Waals surface area contributed by atoms with Crippen LogP contribution in [0.4, 0.5) is 4.39 Å². The third-order valence-electron chi connectivity index (χ3n) is 5.87. The lowest BCUT2D eigenvalue weighted by Crippen LogP contribution is -2.50. The minimum Gasteiger partial charge on any atom is -0.382 e. The second-order valence-corrected chi connectivity index (χ2v) is 7.74. The van der Waals surface area contributed by atoms with Gasteiger partial charge in [0.1, 0.15) is 17.2 Å². The number of aryl methyl sites for hydroxylation is 1. The van der Waals surface area contributed by atoms with E-state index in [2.05, 4.69) is 10.00 Å². The van der Waals surface area contributed by atoms with Crippen molar-refractivity contribution in [1.82, 2.24) is 19.2 Å². The molecular formula is C20H25FN4O3. The molecule has 0 spiro atoms. The summed E-state index contributed by atoms with van der Waals surface area (Å²) >= 11 is 0. The summed E-state index contributed by atoms with van der Waals surface area (Å²) in [6.45, 7) is 3.02. The highest BCUT2D eigenvalue weighted by atomic mass is 19.1. The second-order valence-electron chi connectivity index (χ2n) is 7.74. The van der Waals surface area contributed by atoms with E-state index >= 15 is 0 Å². The zero-order valence-corrected chi connectivity index (χ0v) is 15.8. The molecule has 7 nitrogen and oxygen atoms in total. The number of benzene rings is 1. The standard InChI is InChI=1S/C20H25FN4O3/c21-16-6-4-15(5-7-16)18(26)20(28)8-11-23(12-9-20)13-14-25-19(27)24-10-2-1-3-17(24)22-25/h4-7,28H,1-3,8-14H2. The van der Waals surface area contributed by atoms with Crippen LogP contribution in [0.5, 0.6) is 0 Å². The Kier molecular flexibility index (Phi) is 5.16. The Morgan fingerprint density at radius 3 is 2.50 bits per heavy atom. The summed E-state index contributed by atoms with van der Waals surface area (Å²) in [4.78, 5) is 27.2. The predicted octanol–water partition coefficient (Wildman–Crippen LogP) is 1.23. The molecule has 1 N–H and O–H groups in total. The molecule has 4 rings (SSSR count). The SMILES string of the molecule is O=C(c1ccc(F)cc1)C1(O)CCN(CCn2nc3n(c2=O)CCCC3)CC1. The largest absolute Gasteiger partial charge is 0.382 e. The highest BCUT2D eigenvalue weighted by Gasteiger charge is 2.39. The molecule has 3 heterocycles. The number of nitrogens with zero attached hydrogens (tertiary/aromatic N) is 4. The van der Waals surface area contributed by atoms with E-state index in [1.54, 1.807) is 4.57 Å². The fourth-order valence-corrected chi connectivity index (χ4v) is 4.07. The van der Waals surface area contributed by atoms with E-state index in [1.807, 2.05) is 0 Å². The van der Waals surface area contributed by atoms with E-state index in [4.69, 9.17) is 0 Å². The first-order valence-corrected chi connectivity index (χ1v) is 9.88. The molecule has 0 bridgehead atoms. The van der Waals surface area contributed by atoms with E-state index in [0.29, 0.717) is 44.6 Å². The highest BCUT2D eigenvalue weighted by Crippen LogP contribution is 2.26. The molecule has 0 radical (unpaired) electrons. The summed E-state index contributed by atoms with van der Waals surface area (Å²) in [5.74, 6) is 0.105. The number of aromatic nitrogens is 3. The van der Waals surface area contributed by atoms with Gasteiger partial charge in [-0.2, -0.15) is 5.10 Å². The minimum atomic E-state index is -1.42. The lowest BCUT2D eigenvalue weighted by atomic mass is 9.84. The van der Waals surface area contributed by atoms with Crippen molar-refractivity contribution in [3.8, 4) is 0 Å². The Hall–Kier alpha value is -2.32. The maximum atomic E-state index is 13.1. The van der Waals surface area contributed by atoms with Gasteiger partial charge in [0, 0.05) is 38.2 Å². The van der Waals surface area contributed by atoms with E-state index < -0.39 is 11.4 Å². The van der Waals surface area contributed by atoms with Crippen LogP contribution < -0.4 is 5.69 Å². The Labute approximate surface area is 162 Å². The monoisotopic (exact) mass is 388 g/mol. The molecule has 0 amide bonds. The van der Waals surface area contributed by atoms with Gasteiger partial charge in [-0.05, 0) is 49.9 Å². The van der Waals surface area contributed by atoms with Crippen LogP contribution in [0.3, 0.4) is 0 Å². The van der Waals surface area contributed by atoms with Crippen LogP contribution in [0, 0.1) is 5.82 Å². The van der Waals surface area contributed by atoms with Gasteiger partial charge in [0.2, 0.25) is 0 Å². The topological polar surface area (TPSA) is 80.4 Å². The van der Waals surface area contributed by atoms with Gasteiger partial charge in [-0.1, -0.05) is 0 Å². The van der Waals surface area contributed by atoms with Crippen LogP contribution in [-0.2, 0) is 19.5 Å².